The highest BCUT2D eigenvalue weighted by molar-refractivity contribution is 5.62. The zero-order chi connectivity index (χ0) is 15.4. The van der Waals surface area contributed by atoms with Crippen LogP contribution < -0.4 is 4.90 Å². The molecule has 0 N–H and O–H groups in total. The van der Waals surface area contributed by atoms with Crippen molar-refractivity contribution in [3.8, 4) is 0 Å². The van der Waals surface area contributed by atoms with Crippen molar-refractivity contribution in [2.24, 2.45) is 0 Å². The maximum Gasteiger partial charge on any atom is 0.0942 e. The first-order chi connectivity index (χ1) is 10.0. The zero-order valence-electron chi connectivity index (χ0n) is 14.2. The molecular formula is C18H29N3. The van der Waals surface area contributed by atoms with E-state index in [1.807, 2.05) is 0 Å². The molecule has 0 saturated heterocycles. The summed E-state index contributed by atoms with van der Waals surface area (Å²) in [6, 6.07) is 4.55. The van der Waals surface area contributed by atoms with Crippen LogP contribution in [0.3, 0.4) is 0 Å². The van der Waals surface area contributed by atoms with Crippen LogP contribution in [-0.2, 0) is 0 Å². The van der Waals surface area contributed by atoms with Crippen LogP contribution in [0.1, 0.15) is 30.5 Å². The maximum atomic E-state index is 2.47. The second-order valence-electron chi connectivity index (χ2n) is 6.00. The van der Waals surface area contributed by atoms with E-state index in [-0.39, 0.29) is 0 Å². The van der Waals surface area contributed by atoms with E-state index in [2.05, 4.69) is 73.9 Å². The summed E-state index contributed by atoms with van der Waals surface area (Å²) < 4.78 is 0. The van der Waals surface area contributed by atoms with Gasteiger partial charge in [-0.3, -0.25) is 0 Å². The van der Waals surface area contributed by atoms with E-state index in [1.54, 1.807) is 0 Å². The molecule has 116 valence electrons. The summed E-state index contributed by atoms with van der Waals surface area (Å²) in [6.07, 6.45) is 4.44. The minimum absolute atomic E-state index is 0.964. The Morgan fingerprint density at radius 3 is 2.19 bits per heavy atom. The van der Waals surface area contributed by atoms with Crippen molar-refractivity contribution >= 4 is 5.69 Å². The van der Waals surface area contributed by atoms with Gasteiger partial charge in [-0.1, -0.05) is 31.5 Å². The Kier molecular flexibility index (Phi) is 5.29. The molecule has 1 aliphatic heterocycles. The van der Waals surface area contributed by atoms with Crippen molar-refractivity contribution in [2.75, 3.05) is 37.7 Å². The number of aryl methyl sites for hydroxylation is 3. The molecule has 21 heavy (non-hydrogen) atoms. The van der Waals surface area contributed by atoms with Crippen LogP contribution in [0.15, 0.2) is 24.5 Å². The van der Waals surface area contributed by atoms with Gasteiger partial charge in [0.2, 0.25) is 0 Å². The molecule has 0 atom stereocenters. The van der Waals surface area contributed by atoms with E-state index in [0.717, 1.165) is 32.8 Å². The standard InChI is InChI=1S/C18H29N3/c1-6-19(7-2)8-9-20-10-11-21(14-20)18-16(4)12-15(3)13-17(18)5/h10-13H,6-9,14H2,1-5H3. The Morgan fingerprint density at radius 2 is 1.62 bits per heavy atom. The van der Waals surface area contributed by atoms with E-state index in [9.17, 15) is 0 Å². The van der Waals surface area contributed by atoms with Crippen molar-refractivity contribution in [1.82, 2.24) is 9.80 Å². The molecule has 0 unspecified atom stereocenters. The van der Waals surface area contributed by atoms with Crippen molar-refractivity contribution in [3.63, 3.8) is 0 Å². The summed E-state index contributed by atoms with van der Waals surface area (Å²) >= 11 is 0. The van der Waals surface area contributed by atoms with E-state index < -0.39 is 0 Å². The summed E-state index contributed by atoms with van der Waals surface area (Å²) in [4.78, 5) is 7.24. The number of likely N-dealkylation sites (N-methyl/N-ethyl adjacent to an activating group) is 1. The molecular weight excluding hydrogens is 258 g/mol. The van der Waals surface area contributed by atoms with Crippen LogP contribution in [0.4, 0.5) is 5.69 Å². The molecule has 0 amide bonds. The van der Waals surface area contributed by atoms with Gasteiger partial charge in [0.05, 0.1) is 6.67 Å². The first kappa shape index (κ1) is 15.9. The van der Waals surface area contributed by atoms with Gasteiger partial charge >= 0.3 is 0 Å². The Bertz CT molecular complexity index is 480. The zero-order valence-corrected chi connectivity index (χ0v) is 14.2. The number of hydrogen-bond donors (Lipinski definition) is 0. The lowest BCUT2D eigenvalue weighted by Gasteiger charge is -2.26. The molecule has 1 aliphatic rings. The topological polar surface area (TPSA) is 9.72 Å². The SMILES string of the molecule is CCN(CC)CCN1C=CN(c2c(C)cc(C)cc2C)C1. The second-order valence-corrected chi connectivity index (χ2v) is 6.00. The Labute approximate surface area is 129 Å². The summed E-state index contributed by atoms with van der Waals surface area (Å²) in [7, 11) is 0. The predicted molar refractivity (Wildman–Crippen MR) is 91.6 cm³/mol. The fourth-order valence-corrected chi connectivity index (χ4v) is 3.19. The maximum absolute atomic E-state index is 2.47. The molecule has 1 heterocycles. The molecule has 2 rings (SSSR count). The summed E-state index contributed by atoms with van der Waals surface area (Å²) in [5.41, 5.74) is 5.43. The molecule has 0 aromatic heterocycles. The number of rotatable bonds is 6. The highest BCUT2D eigenvalue weighted by atomic mass is 15.3. The highest BCUT2D eigenvalue weighted by Crippen LogP contribution is 2.28. The van der Waals surface area contributed by atoms with Gasteiger partial charge in [-0.2, -0.15) is 0 Å². The van der Waals surface area contributed by atoms with Gasteiger partial charge in [-0.05, 0) is 45.0 Å². The van der Waals surface area contributed by atoms with Gasteiger partial charge in [0.15, 0.2) is 0 Å². The molecule has 0 bridgehead atoms. The average molecular weight is 287 g/mol. The van der Waals surface area contributed by atoms with Gasteiger partial charge in [-0.25, -0.2) is 0 Å². The van der Waals surface area contributed by atoms with E-state index in [4.69, 9.17) is 0 Å². The van der Waals surface area contributed by atoms with Crippen LogP contribution >= 0.6 is 0 Å². The Hall–Kier alpha value is -1.48. The van der Waals surface area contributed by atoms with Crippen molar-refractivity contribution in [3.05, 3.63) is 41.2 Å². The average Bonchev–Trinajstić information content (AvgIpc) is 2.87. The first-order valence-corrected chi connectivity index (χ1v) is 8.04. The fraction of sp³-hybridized carbons (Fsp3) is 0.556. The van der Waals surface area contributed by atoms with Crippen LogP contribution in [0, 0.1) is 20.8 Å². The third kappa shape index (κ3) is 3.79. The molecule has 0 spiro atoms. The first-order valence-electron chi connectivity index (χ1n) is 8.04. The third-order valence-electron chi connectivity index (χ3n) is 4.31. The molecule has 1 aromatic rings. The monoisotopic (exact) mass is 287 g/mol. The molecule has 0 fully saturated rings. The number of hydrogen-bond acceptors (Lipinski definition) is 3. The van der Waals surface area contributed by atoms with Crippen LogP contribution in [0.2, 0.25) is 0 Å². The van der Waals surface area contributed by atoms with Crippen molar-refractivity contribution in [1.29, 1.82) is 0 Å². The molecule has 0 radical (unpaired) electrons. The normalized spacial score (nSPS) is 14.6. The molecule has 3 nitrogen and oxygen atoms in total. The Morgan fingerprint density at radius 1 is 1.00 bits per heavy atom. The second kappa shape index (κ2) is 6.99. The van der Waals surface area contributed by atoms with Crippen LogP contribution in [0.25, 0.3) is 0 Å². The molecule has 1 aromatic carbocycles. The minimum Gasteiger partial charge on any atom is -0.357 e. The Balaban J connectivity index is 1.99. The number of benzene rings is 1. The lowest BCUT2D eigenvalue weighted by Crippen LogP contribution is -2.34. The van der Waals surface area contributed by atoms with Crippen molar-refractivity contribution in [2.45, 2.75) is 34.6 Å². The molecule has 0 aliphatic carbocycles. The van der Waals surface area contributed by atoms with Gasteiger partial charge in [-0.15, -0.1) is 0 Å². The van der Waals surface area contributed by atoms with E-state index in [1.165, 1.54) is 22.4 Å². The summed E-state index contributed by atoms with van der Waals surface area (Å²) in [6.45, 7) is 16.5. The smallest absolute Gasteiger partial charge is 0.0942 e. The van der Waals surface area contributed by atoms with Crippen LogP contribution in [0.5, 0.6) is 0 Å². The van der Waals surface area contributed by atoms with Crippen LogP contribution in [-0.4, -0.2) is 42.6 Å². The van der Waals surface area contributed by atoms with Crippen molar-refractivity contribution < 1.29 is 0 Å². The van der Waals surface area contributed by atoms with Gasteiger partial charge in [0, 0.05) is 31.2 Å². The quantitative estimate of drug-likeness (QED) is 0.793. The van der Waals surface area contributed by atoms with E-state index in [0.29, 0.717) is 0 Å². The molecule has 0 saturated carbocycles. The van der Waals surface area contributed by atoms with Gasteiger partial charge in [0.1, 0.15) is 0 Å². The van der Waals surface area contributed by atoms with E-state index >= 15 is 0 Å². The number of anilines is 1. The summed E-state index contributed by atoms with van der Waals surface area (Å²) in [5.74, 6) is 0. The lowest BCUT2D eigenvalue weighted by molar-refractivity contribution is 0.262. The number of nitrogens with zero attached hydrogens (tertiary/aromatic N) is 3. The molecule has 3 heteroatoms. The lowest BCUT2D eigenvalue weighted by atomic mass is 10.0. The summed E-state index contributed by atoms with van der Waals surface area (Å²) in [5, 5.41) is 0. The fourth-order valence-electron chi connectivity index (χ4n) is 3.19. The van der Waals surface area contributed by atoms with Gasteiger partial charge < -0.3 is 14.7 Å². The highest BCUT2D eigenvalue weighted by Gasteiger charge is 2.17. The predicted octanol–water partition coefficient (Wildman–Crippen LogP) is 3.50. The minimum atomic E-state index is 0.964. The van der Waals surface area contributed by atoms with Gasteiger partial charge in [0.25, 0.3) is 0 Å². The largest absolute Gasteiger partial charge is 0.357 e. The third-order valence-corrected chi connectivity index (χ3v) is 4.31.